The number of carbonyl (C=O) groups is 1. The summed E-state index contributed by atoms with van der Waals surface area (Å²) in [6.45, 7) is 1.59. The van der Waals surface area contributed by atoms with Crippen molar-refractivity contribution in [1.29, 1.82) is 0 Å². The fraction of sp³-hybridized carbons (Fsp3) is 0.750. The Bertz CT molecular complexity index is 96.0. The predicted octanol–water partition coefficient (Wildman–Crippen LogP) is 0.633. The minimum Gasteiger partial charge on any atom is -0.367 e. The lowest BCUT2D eigenvalue weighted by atomic mass is 10.3. The van der Waals surface area contributed by atoms with Crippen LogP contribution in [-0.4, -0.2) is 16.0 Å². The van der Waals surface area contributed by atoms with Gasteiger partial charge in [0.25, 0.3) is 5.91 Å². The minimum absolute atomic E-state index is 0.329. The highest BCUT2D eigenvalue weighted by atomic mass is 127. The van der Waals surface area contributed by atoms with Crippen LogP contribution in [0.5, 0.6) is 0 Å². The van der Waals surface area contributed by atoms with Crippen LogP contribution < -0.4 is 5.73 Å². The van der Waals surface area contributed by atoms with Gasteiger partial charge in [0.1, 0.15) is 0 Å². The van der Waals surface area contributed by atoms with Crippen LogP contribution in [0, 0.1) is 0 Å². The first-order valence-corrected chi connectivity index (χ1v) is 3.37. The van der Waals surface area contributed by atoms with Crippen molar-refractivity contribution in [2.45, 2.75) is 17.0 Å². The smallest absolute Gasteiger partial charge is 0.253 e. The molecule has 0 aromatic heterocycles. The van der Waals surface area contributed by atoms with E-state index in [2.05, 4.69) is 5.73 Å². The third-order valence-electron chi connectivity index (χ3n) is 0.675. The van der Waals surface area contributed by atoms with Gasteiger partial charge in [-0.15, -0.1) is 0 Å². The molecule has 0 saturated heterocycles. The van der Waals surface area contributed by atoms with Crippen molar-refractivity contribution in [1.82, 2.24) is 0 Å². The molecule has 0 aliphatic rings. The highest BCUT2D eigenvalue weighted by Gasteiger charge is 2.18. The molecule has 48 valence electrons. The van der Waals surface area contributed by atoms with Crippen LogP contribution >= 0.6 is 22.6 Å². The molecule has 0 radical (unpaired) electrons. The zero-order chi connectivity index (χ0) is 6.73. The molecule has 0 heterocycles. The Labute approximate surface area is 60.8 Å². The summed E-state index contributed by atoms with van der Waals surface area (Å²) in [5.41, 5.74) is 4.62. The highest BCUT2D eigenvalue weighted by Crippen LogP contribution is 2.07. The lowest BCUT2D eigenvalue weighted by Crippen LogP contribution is -2.30. The minimum atomic E-state index is -1.50. The second-order valence-electron chi connectivity index (χ2n) is 1.48. The van der Waals surface area contributed by atoms with Crippen LogP contribution in [0.1, 0.15) is 6.92 Å². The normalized spacial score (nSPS) is 17.4. The summed E-state index contributed by atoms with van der Waals surface area (Å²) < 4.78 is 11.8. The lowest BCUT2D eigenvalue weighted by Gasteiger charge is -2.03. The summed E-state index contributed by atoms with van der Waals surface area (Å²) in [6, 6.07) is 0. The van der Waals surface area contributed by atoms with Crippen LogP contribution in [0.15, 0.2) is 0 Å². The Morgan fingerprint density at radius 3 is 2.25 bits per heavy atom. The molecule has 2 N–H and O–H groups in total. The molecule has 1 amide bonds. The maximum Gasteiger partial charge on any atom is 0.253 e. The van der Waals surface area contributed by atoms with Crippen LogP contribution in [0.25, 0.3) is 0 Å². The third kappa shape index (κ3) is 2.44. The zero-order valence-electron chi connectivity index (χ0n) is 4.40. The number of alkyl halides is 2. The Morgan fingerprint density at radius 2 is 2.25 bits per heavy atom. The number of hydrogen-bond acceptors (Lipinski definition) is 1. The Kier molecular flexibility index (Phi) is 3.27. The Balaban J connectivity index is 3.64. The first-order valence-electron chi connectivity index (χ1n) is 2.13. The third-order valence-corrected chi connectivity index (χ3v) is 1.31. The van der Waals surface area contributed by atoms with Gasteiger partial charge in [0.15, 0.2) is 6.17 Å². The van der Waals surface area contributed by atoms with E-state index in [0.29, 0.717) is 0 Å². The van der Waals surface area contributed by atoms with Gasteiger partial charge in [-0.25, -0.2) is 4.39 Å². The number of rotatable bonds is 2. The molecular formula is C4H7FINO. The zero-order valence-corrected chi connectivity index (χ0v) is 6.55. The predicted molar refractivity (Wildman–Crippen MR) is 37.6 cm³/mol. The molecular weight excluding hydrogens is 224 g/mol. The van der Waals surface area contributed by atoms with E-state index < -0.39 is 12.1 Å². The monoisotopic (exact) mass is 231 g/mol. The first kappa shape index (κ1) is 8.13. The fourth-order valence-corrected chi connectivity index (χ4v) is 0.581. The molecule has 2 unspecified atom stereocenters. The van der Waals surface area contributed by atoms with Gasteiger partial charge in [0.05, 0.1) is 0 Å². The standard InChI is InChI=1S/C4H7FINO/c1-2(6)3(5)4(7)8/h2-3H,1H3,(H2,7,8). The SMILES string of the molecule is CC(I)C(F)C(N)=O. The van der Waals surface area contributed by atoms with Gasteiger partial charge in [-0.1, -0.05) is 29.5 Å². The van der Waals surface area contributed by atoms with Crippen LogP contribution in [-0.2, 0) is 4.79 Å². The number of halogens is 2. The van der Waals surface area contributed by atoms with Crippen LogP contribution in [0.4, 0.5) is 4.39 Å². The molecule has 0 aliphatic carbocycles. The van der Waals surface area contributed by atoms with E-state index in [4.69, 9.17) is 0 Å². The van der Waals surface area contributed by atoms with Crippen LogP contribution in [0.3, 0.4) is 0 Å². The average molecular weight is 231 g/mol. The van der Waals surface area contributed by atoms with Gasteiger partial charge in [-0.2, -0.15) is 0 Å². The average Bonchev–Trinajstić information content (AvgIpc) is 1.64. The van der Waals surface area contributed by atoms with Crippen molar-refractivity contribution in [3.8, 4) is 0 Å². The highest BCUT2D eigenvalue weighted by molar-refractivity contribution is 14.1. The van der Waals surface area contributed by atoms with Crippen molar-refractivity contribution in [3.63, 3.8) is 0 Å². The van der Waals surface area contributed by atoms with Gasteiger partial charge in [0.2, 0.25) is 0 Å². The largest absolute Gasteiger partial charge is 0.367 e. The molecule has 0 fully saturated rings. The molecule has 8 heavy (non-hydrogen) atoms. The molecule has 0 aromatic rings. The van der Waals surface area contributed by atoms with Crippen LogP contribution in [0.2, 0.25) is 0 Å². The quantitative estimate of drug-likeness (QED) is 0.549. The second kappa shape index (κ2) is 3.21. The first-order chi connectivity index (χ1) is 3.55. The van der Waals surface area contributed by atoms with E-state index >= 15 is 0 Å². The maximum atomic E-state index is 12.2. The molecule has 2 atom stereocenters. The number of hydrogen-bond donors (Lipinski definition) is 1. The van der Waals surface area contributed by atoms with E-state index in [1.165, 1.54) is 0 Å². The molecule has 0 aliphatic heterocycles. The molecule has 0 bridgehead atoms. The Hall–Kier alpha value is 0.130. The second-order valence-corrected chi connectivity index (χ2v) is 3.45. The topological polar surface area (TPSA) is 43.1 Å². The fourth-order valence-electron chi connectivity index (χ4n) is 0.226. The van der Waals surface area contributed by atoms with Gasteiger partial charge in [-0.3, -0.25) is 4.79 Å². The maximum absolute atomic E-state index is 12.2. The summed E-state index contributed by atoms with van der Waals surface area (Å²) >= 11 is 1.81. The number of amides is 1. The van der Waals surface area contributed by atoms with Crippen molar-refractivity contribution < 1.29 is 9.18 Å². The molecule has 0 rings (SSSR count). The lowest BCUT2D eigenvalue weighted by molar-refractivity contribution is -0.122. The van der Waals surface area contributed by atoms with E-state index in [-0.39, 0.29) is 3.92 Å². The molecule has 2 nitrogen and oxygen atoms in total. The Morgan fingerprint density at radius 1 is 1.88 bits per heavy atom. The van der Waals surface area contributed by atoms with Gasteiger partial charge in [-0.05, 0) is 0 Å². The van der Waals surface area contributed by atoms with Gasteiger partial charge >= 0.3 is 0 Å². The van der Waals surface area contributed by atoms with Crippen molar-refractivity contribution >= 4 is 28.5 Å². The van der Waals surface area contributed by atoms with E-state index in [9.17, 15) is 9.18 Å². The van der Waals surface area contributed by atoms with E-state index in [0.717, 1.165) is 0 Å². The van der Waals surface area contributed by atoms with Gasteiger partial charge < -0.3 is 5.73 Å². The molecule has 0 aromatic carbocycles. The van der Waals surface area contributed by atoms with E-state index in [1.807, 2.05) is 22.6 Å². The molecule has 4 heteroatoms. The molecule has 0 spiro atoms. The van der Waals surface area contributed by atoms with Crippen molar-refractivity contribution in [2.24, 2.45) is 5.73 Å². The van der Waals surface area contributed by atoms with Crippen molar-refractivity contribution in [2.75, 3.05) is 0 Å². The van der Waals surface area contributed by atoms with Crippen molar-refractivity contribution in [3.05, 3.63) is 0 Å². The number of carbonyl (C=O) groups excluding carboxylic acids is 1. The summed E-state index contributed by atoms with van der Waals surface area (Å²) in [4.78, 5) is 9.98. The summed E-state index contributed by atoms with van der Waals surface area (Å²) in [5, 5.41) is 0. The summed E-state index contributed by atoms with van der Waals surface area (Å²) in [7, 11) is 0. The van der Waals surface area contributed by atoms with E-state index in [1.54, 1.807) is 6.92 Å². The summed E-state index contributed by atoms with van der Waals surface area (Å²) in [6.07, 6.45) is -1.50. The summed E-state index contributed by atoms with van der Waals surface area (Å²) in [5.74, 6) is -0.882. The number of nitrogens with two attached hydrogens (primary N) is 1. The number of primary amides is 1. The van der Waals surface area contributed by atoms with Gasteiger partial charge in [0, 0.05) is 3.92 Å². The molecule has 0 saturated carbocycles.